The largest absolute Gasteiger partial charge is 0.337 e. The zero-order valence-electron chi connectivity index (χ0n) is 17.4. The van der Waals surface area contributed by atoms with Gasteiger partial charge in [0.15, 0.2) is 0 Å². The first-order valence-electron chi connectivity index (χ1n) is 10.6. The highest BCUT2D eigenvalue weighted by Crippen LogP contribution is 2.29. The normalized spacial score (nSPS) is 14.8. The maximum Gasteiger partial charge on any atom is 0.246 e. The minimum Gasteiger partial charge on any atom is -0.337 e. The summed E-state index contributed by atoms with van der Waals surface area (Å²) in [6.07, 6.45) is 3.44. The van der Waals surface area contributed by atoms with Crippen molar-refractivity contribution in [2.24, 2.45) is 0 Å². The van der Waals surface area contributed by atoms with E-state index in [0.717, 1.165) is 18.7 Å². The van der Waals surface area contributed by atoms with E-state index in [2.05, 4.69) is 58.9 Å². The summed E-state index contributed by atoms with van der Waals surface area (Å²) in [6.45, 7) is 3.05. The van der Waals surface area contributed by atoms with Crippen LogP contribution in [0.3, 0.4) is 0 Å². The average Bonchev–Trinajstić information content (AvgIpc) is 2.85. The number of hydrogen-bond acceptors (Lipinski definition) is 4. The van der Waals surface area contributed by atoms with Crippen LogP contribution < -0.4 is 5.48 Å². The quantitative estimate of drug-likeness (QED) is 0.464. The van der Waals surface area contributed by atoms with Gasteiger partial charge in [-0.2, -0.15) is 0 Å². The van der Waals surface area contributed by atoms with E-state index < -0.39 is 0 Å². The SMILES string of the molecule is O=C(/C=C/c1ccc(NO)cc1)N1CCN(C(c2ccccc2)c2ccccc2)CC1. The van der Waals surface area contributed by atoms with Gasteiger partial charge in [-0.3, -0.25) is 20.4 Å². The van der Waals surface area contributed by atoms with E-state index in [1.807, 2.05) is 35.2 Å². The number of carbonyl (C=O) groups excluding carboxylic acids is 1. The number of carbonyl (C=O) groups is 1. The van der Waals surface area contributed by atoms with Gasteiger partial charge in [0.05, 0.1) is 11.7 Å². The van der Waals surface area contributed by atoms with Gasteiger partial charge in [-0.25, -0.2) is 0 Å². The van der Waals surface area contributed by atoms with Crippen LogP contribution in [0.5, 0.6) is 0 Å². The number of nitrogens with one attached hydrogen (secondary N) is 1. The van der Waals surface area contributed by atoms with Crippen molar-refractivity contribution in [2.45, 2.75) is 6.04 Å². The van der Waals surface area contributed by atoms with Crippen LogP contribution in [0.15, 0.2) is 91.0 Å². The van der Waals surface area contributed by atoms with E-state index in [9.17, 15) is 4.79 Å². The molecule has 3 aromatic rings. The zero-order valence-corrected chi connectivity index (χ0v) is 17.4. The van der Waals surface area contributed by atoms with Crippen molar-refractivity contribution >= 4 is 17.7 Å². The van der Waals surface area contributed by atoms with Crippen LogP contribution in [0.2, 0.25) is 0 Å². The van der Waals surface area contributed by atoms with Crippen molar-refractivity contribution < 1.29 is 10.0 Å². The Morgan fingerprint density at radius 2 is 1.35 bits per heavy atom. The first-order valence-corrected chi connectivity index (χ1v) is 10.6. The lowest BCUT2D eigenvalue weighted by molar-refractivity contribution is -0.127. The summed E-state index contributed by atoms with van der Waals surface area (Å²) in [5, 5.41) is 8.89. The summed E-state index contributed by atoms with van der Waals surface area (Å²) in [7, 11) is 0. The molecule has 1 aliphatic heterocycles. The summed E-state index contributed by atoms with van der Waals surface area (Å²) >= 11 is 0. The topological polar surface area (TPSA) is 55.8 Å². The molecule has 31 heavy (non-hydrogen) atoms. The Morgan fingerprint density at radius 1 is 0.806 bits per heavy atom. The highest BCUT2D eigenvalue weighted by Gasteiger charge is 2.27. The van der Waals surface area contributed by atoms with Crippen LogP contribution in [-0.2, 0) is 4.79 Å². The molecule has 1 saturated heterocycles. The maximum atomic E-state index is 12.7. The molecule has 0 atom stereocenters. The van der Waals surface area contributed by atoms with Gasteiger partial charge < -0.3 is 4.90 Å². The molecule has 0 unspecified atom stereocenters. The summed E-state index contributed by atoms with van der Waals surface area (Å²) < 4.78 is 0. The van der Waals surface area contributed by atoms with Crippen molar-refractivity contribution in [2.75, 3.05) is 31.7 Å². The van der Waals surface area contributed by atoms with E-state index in [4.69, 9.17) is 5.21 Å². The molecule has 5 nitrogen and oxygen atoms in total. The Bertz CT molecular complexity index is 956. The third-order valence-electron chi connectivity index (χ3n) is 5.68. The van der Waals surface area contributed by atoms with Crippen molar-refractivity contribution in [1.29, 1.82) is 0 Å². The molecule has 3 aromatic carbocycles. The van der Waals surface area contributed by atoms with Crippen LogP contribution in [-0.4, -0.2) is 47.1 Å². The molecule has 0 spiro atoms. The smallest absolute Gasteiger partial charge is 0.246 e. The van der Waals surface area contributed by atoms with E-state index in [1.54, 1.807) is 18.2 Å². The fourth-order valence-electron chi connectivity index (χ4n) is 4.03. The number of rotatable bonds is 6. The molecule has 4 rings (SSSR count). The van der Waals surface area contributed by atoms with Gasteiger partial charge in [0, 0.05) is 32.3 Å². The Kier molecular flexibility index (Phi) is 6.77. The first-order chi connectivity index (χ1) is 15.2. The highest BCUT2D eigenvalue weighted by atomic mass is 16.5. The molecule has 1 aliphatic rings. The molecule has 5 heteroatoms. The lowest BCUT2D eigenvalue weighted by Crippen LogP contribution is -2.49. The number of hydrogen-bond donors (Lipinski definition) is 2. The molecule has 1 amide bonds. The van der Waals surface area contributed by atoms with E-state index in [0.29, 0.717) is 18.8 Å². The molecule has 0 aliphatic carbocycles. The van der Waals surface area contributed by atoms with Crippen molar-refractivity contribution in [3.8, 4) is 0 Å². The summed E-state index contributed by atoms with van der Waals surface area (Å²) in [5.74, 6) is 0.0278. The van der Waals surface area contributed by atoms with Crippen LogP contribution in [0.25, 0.3) is 6.08 Å². The van der Waals surface area contributed by atoms with Crippen LogP contribution in [0.4, 0.5) is 5.69 Å². The summed E-state index contributed by atoms with van der Waals surface area (Å²) in [5.41, 5.74) is 6.18. The first kappa shape index (κ1) is 20.8. The highest BCUT2D eigenvalue weighted by molar-refractivity contribution is 5.91. The van der Waals surface area contributed by atoms with E-state index in [-0.39, 0.29) is 11.9 Å². The van der Waals surface area contributed by atoms with E-state index in [1.165, 1.54) is 11.1 Å². The lowest BCUT2D eigenvalue weighted by Gasteiger charge is -2.39. The van der Waals surface area contributed by atoms with Gasteiger partial charge in [-0.1, -0.05) is 72.8 Å². The van der Waals surface area contributed by atoms with Gasteiger partial charge in [-0.15, -0.1) is 0 Å². The number of amides is 1. The number of nitrogens with zero attached hydrogens (tertiary/aromatic N) is 2. The number of piperazine rings is 1. The second-order valence-electron chi connectivity index (χ2n) is 7.65. The molecule has 158 valence electrons. The van der Waals surface area contributed by atoms with Crippen LogP contribution in [0, 0.1) is 0 Å². The standard InChI is InChI=1S/C26H27N3O2/c30-25(16-13-21-11-14-24(27-31)15-12-21)28-17-19-29(20-18-28)26(22-7-3-1-4-8-22)23-9-5-2-6-10-23/h1-16,26-27,31H,17-20H2/b16-13+. The predicted molar refractivity (Wildman–Crippen MR) is 124 cm³/mol. The molecule has 0 radical (unpaired) electrons. The second-order valence-corrected chi connectivity index (χ2v) is 7.65. The Hall–Kier alpha value is -3.41. The number of anilines is 1. The third kappa shape index (κ3) is 5.20. The monoisotopic (exact) mass is 413 g/mol. The lowest BCUT2D eigenvalue weighted by atomic mass is 9.96. The predicted octanol–water partition coefficient (Wildman–Crippen LogP) is 4.43. The van der Waals surface area contributed by atoms with Gasteiger partial charge in [-0.05, 0) is 34.9 Å². The average molecular weight is 414 g/mol. The van der Waals surface area contributed by atoms with Gasteiger partial charge in [0.1, 0.15) is 0 Å². The summed E-state index contributed by atoms with van der Waals surface area (Å²) in [6, 6.07) is 28.5. The molecule has 0 bridgehead atoms. The van der Waals surface area contributed by atoms with Crippen LogP contribution >= 0.6 is 0 Å². The minimum atomic E-state index is 0.0278. The fourth-order valence-corrected chi connectivity index (χ4v) is 4.03. The summed E-state index contributed by atoms with van der Waals surface area (Å²) in [4.78, 5) is 17.0. The van der Waals surface area contributed by atoms with Crippen molar-refractivity contribution in [3.05, 3.63) is 108 Å². The van der Waals surface area contributed by atoms with E-state index >= 15 is 0 Å². The number of benzene rings is 3. The molecule has 0 saturated carbocycles. The minimum absolute atomic E-state index is 0.0278. The van der Waals surface area contributed by atoms with Gasteiger partial charge >= 0.3 is 0 Å². The molecular weight excluding hydrogens is 386 g/mol. The van der Waals surface area contributed by atoms with Crippen molar-refractivity contribution in [1.82, 2.24) is 9.80 Å². The van der Waals surface area contributed by atoms with Crippen LogP contribution in [0.1, 0.15) is 22.7 Å². The fraction of sp³-hybridized carbons (Fsp3) is 0.192. The Balaban J connectivity index is 1.41. The van der Waals surface area contributed by atoms with Gasteiger partial charge in [0.25, 0.3) is 0 Å². The molecule has 0 aromatic heterocycles. The zero-order chi connectivity index (χ0) is 21.5. The Labute approximate surface area is 183 Å². The molecule has 2 N–H and O–H groups in total. The molecule has 1 fully saturated rings. The Morgan fingerprint density at radius 3 is 1.87 bits per heavy atom. The third-order valence-corrected chi connectivity index (χ3v) is 5.68. The van der Waals surface area contributed by atoms with Crippen molar-refractivity contribution in [3.63, 3.8) is 0 Å². The molecular formula is C26H27N3O2. The van der Waals surface area contributed by atoms with Gasteiger partial charge in [0.2, 0.25) is 5.91 Å². The second kappa shape index (κ2) is 10.1. The maximum absolute atomic E-state index is 12.7. The molecule has 1 heterocycles.